The Balaban J connectivity index is 1.49. The topological polar surface area (TPSA) is 77.2 Å². The first-order valence-corrected chi connectivity index (χ1v) is 8.95. The van der Waals surface area contributed by atoms with E-state index in [0.29, 0.717) is 12.5 Å². The highest BCUT2D eigenvalue weighted by molar-refractivity contribution is 5.83. The van der Waals surface area contributed by atoms with Crippen LogP contribution in [0.3, 0.4) is 0 Å². The minimum atomic E-state index is -0.359. The molecule has 0 spiro atoms. The SMILES string of the molecule is CC(Cc1c[nH]c2ccccc12)NCc1ccc(CCC(=O)NO)cc1. The smallest absolute Gasteiger partial charge is 0.243 e. The molecule has 1 heterocycles. The first-order chi connectivity index (χ1) is 12.7. The molecule has 0 bridgehead atoms. The molecule has 26 heavy (non-hydrogen) atoms. The molecule has 1 unspecified atom stereocenters. The van der Waals surface area contributed by atoms with Crippen LogP contribution in [0.15, 0.2) is 54.7 Å². The van der Waals surface area contributed by atoms with Crippen LogP contribution in [-0.4, -0.2) is 22.1 Å². The molecular weight excluding hydrogens is 326 g/mol. The van der Waals surface area contributed by atoms with Crippen LogP contribution in [0.25, 0.3) is 10.9 Å². The second-order valence-electron chi connectivity index (χ2n) is 6.70. The average Bonchev–Trinajstić information content (AvgIpc) is 3.08. The van der Waals surface area contributed by atoms with Gasteiger partial charge in [-0.25, -0.2) is 5.48 Å². The van der Waals surface area contributed by atoms with Crippen LogP contribution in [0, 0.1) is 0 Å². The molecule has 0 aliphatic heterocycles. The molecular formula is C21H25N3O2. The Labute approximate surface area is 153 Å². The highest BCUT2D eigenvalue weighted by atomic mass is 16.5. The normalized spacial score (nSPS) is 12.2. The van der Waals surface area contributed by atoms with Crippen molar-refractivity contribution in [2.45, 2.75) is 38.8 Å². The van der Waals surface area contributed by atoms with Crippen LogP contribution in [0.5, 0.6) is 0 Å². The van der Waals surface area contributed by atoms with Gasteiger partial charge in [0.05, 0.1) is 0 Å². The monoisotopic (exact) mass is 351 g/mol. The number of nitrogens with one attached hydrogen (secondary N) is 3. The summed E-state index contributed by atoms with van der Waals surface area (Å²) >= 11 is 0. The summed E-state index contributed by atoms with van der Waals surface area (Å²) in [5.74, 6) is -0.359. The van der Waals surface area contributed by atoms with E-state index >= 15 is 0 Å². The zero-order valence-corrected chi connectivity index (χ0v) is 15.0. The number of rotatable bonds is 8. The summed E-state index contributed by atoms with van der Waals surface area (Å²) in [5, 5.41) is 13.4. The summed E-state index contributed by atoms with van der Waals surface area (Å²) in [6.07, 6.45) is 3.98. The van der Waals surface area contributed by atoms with Crippen molar-refractivity contribution in [3.63, 3.8) is 0 Å². The number of amides is 1. The Hall–Kier alpha value is -2.63. The minimum absolute atomic E-state index is 0.287. The van der Waals surface area contributed by atoms with E-state index < -0.39 is 0 Å². The summed E-state index contributed by atoms with van der Waals surface area (Å²) in [6, 6.07) is 17.0. The van der Waals surface area contributed by atoms with Crippen LogP contribution in [0.2, 0.25) is 0 Å². The van der Waals surface area contributed by atoms with Gasteiger partial charge in [-0.1, -0.05) is 42.5 Å². The molecule has 1 amide bonds. The summed E-state index contributed by atoms with van der Waals surface area (Å²) in [7, 11) is 0. The van der Waals surface area contributed by atoms with Crippen molar-refractivity contribution in [2.75, 3.05) is 0 Å². The van der Waals surface area contributed by atoms with Gasteiger partial charge in [0.15, 0.2) is 0 Å². The molecule has 0 saturated heterocycles. The van der Waals surface area contributed by atoms with E-state index in [9.17, 15) is 4.79 Å². The summed E-state index contributed by atoms with van der Waals surface area (Å²) in [6.45, 7) is 3.00. The van der Waals surface area contributed by atoms with Crippen LogP contribution < -0.4 is 10.8 Å². The van der Waals surface area contributed by atoms with Crippen molar-refractivity contribution in [1.29, 1.82) is 0 Å². The van der Waals surface area contributed by atoms with E-state index in [0.717, 1.165) is 18.5 Å². The van der Waals surface area contributed by atoms with Crippen molar-refractivity contribution < 1.29 is 10.0 Å². The van der Waals surface area contributed by atoms with Gasteiger partial charge in [0.2, 0.25) is 5.91 Å². The molecule has 1 aromatic heterocycles. The maximum Gasteiger partial charge on any atom is 0.243 e. The predicted molar refractivity (Wildman–Crippen MR) is 103 cm³/mol. The lowest BCUT2D eigenvalue weighted by Crippen LogP contribution is -2.27. The number of hydroxylamine groups is 1. The van der Waals surface area contributed by atoms with Gasteiger partial charge in [0.1, 0.15) is 0 Å². The van der Waals surface area contributed by atoms with Crippen LogP contribution >= 0.6 is 0 Å². The standard InChI is InChI=1S/C21H25N3O2/c1-15(12-18-14-23-20-5-3-2-4-19(18)20)22-13-17-8-6-16(7-9-17)10-11-21(25)24-26/h2-9,14-15,22-23,26H,10-13H2,1H3,(H,24,25). The Morgan fingerprint density at radius 2 is 1.85 bits per heavy atom. The molecule has 5 nitrogen and oxygen atoms in total. The number of carbonyl (C=O) groups is 1. The van der Waals surface area contributed by atoms with Crippen molar-refractivity contribution in [3.8, 4) is 0 Å². The quantitative estimate of drug-likeness (QED) is 0.371. The number of aromatic amines is 1. The fourth-order valence-corrected chi connectivity index (χ4v) is 3.13. The first kappa shape index (κ1) is 18.2. The van der Waals surface area contributed by atoms with Crippen LogP contribution in [-0.2, 0) is 24.2 Å². The molecule has 3 rings (SSSR count). The highest BCUT2D eigenvalue weighted by Crippen LogP contribution is 2.19. The van der Waals surface area contributed by atoms with E-state index in [-0.39, 0.29) is 12.3 Å². The maximum atomic E-state index is 11.1. The zero-order valence-electron chi connectivity index (χ0n) is 15.0. The molecule has 2 aromatic carbocycles. The van der Waals surface area contributed by atoms with E-state index in [4.69, 9.17) is 5.21 Å². The van der Waals surface area contributed by atoms with E-state index in [2.05, 4.69) is 53.8 Å². The van der Waals surface area contributed by atoms with Crippen LogP contribution in [0.4, 0.5) is 0 Å². The lowest BCUT2D eigenvalue weighted by atomic mass is 10.0. The van der Waals surface area contributed by atoms with Crippen molar-refractivity contribution in [2.24, 2.45) is 0 Å². The lowest BCUT2D eigenvalue weighted by Gasteiger charge is -2.14. The van der Waals surface area contributed by atoms with E-state index in [1.165, 1.54) is 22.0 Å². The van der Waals surface area contributed by atoms with Crippen LogP contribution in [0.1, 0.15) is 30.0 Å². The number of aryl methyl sites for hydroxylation is 1. The Morgan fingerprint density at radius 3 is 2.62 bits per heavy atom. The van der Waals surface area contributed by atoms with Gasteiger partial charge in [0.25, 0.3) is 0 Å². The van der Waals surface area contributed by atoms with Crippen molar-refractivity contribution in [1.82, 2.24) is 15.8 Å². The fourth-order valence-electron chi connectivity index (χ4n) is 3.13. The fraction of sp³-hybridized carbons (Fsp3) is 0.286. The Morgan fingerprint density at radius 1 is 1.12 bits per heavy atom. The van der Waals surface area contributed by atoms with E-state index in [1.54, 1.807) is 5.48 Å². The van der Waals surface area contributed by atoms with Gasteiger partial charge in [-0.15, -0.1) is 0 Å². The molecule has 0 radical (unpaired) electrons. The third-order valence-electron chi connectivity index (χ3n) is 4.64. The van der Waals surface area contributed by atoms with Gasteiger partial charge in [0, 0.05) is 36.1 Å². The molecule has 136 valence electrons. The lowest BCUT2D eigenvalue weighted by molar-refractivity contribution is -0.129. The third kappa shape index (κ3) is 4.71. The second kappa shape index (κ2) is 8.65. The van der Waals surface area contributed by atoms with E-state index in [1.807, 2.05) is 18.2 Å². The second-order valence-corrected chi connectivity index (χ2v) is 6.70. The Bertz CT molecular complexity index is 855. The van der Waals surface area contributed by atoms with Gasteiger partial charge in [-0.05, 0) is 42.5 Å². The number of fused-ring (bicyclic) bond motifs is 1. The molecule has 0 saturated carbocycles. The largest absolute Gasteiger partial charge is 0.361 e. The predicted octanol–water partition coefficient (Wildman–Crippen LogP) is 3.33. The number of H-pyrrole nitrogens is 1. The number of hydrogen-bond donors (Lipinski definition) is 4. The number of hydrogen-bond acceptors (Lipinski definition) is 3. The summed E-state index contributed by atoms with van der Waals surface area (Å²) in [5.41, 5.74) is 6.47. The number of carbonyl (C=O) groups excluding carboxylic acids is 1. The maximum absolute atomic E-state index is 11.1. The number of para-hydroxylation sites is 1. The zero-order chi connectivity index (χ0) is 18.4. The minimum Gasteiger partial charge on any atom is -0.361 e. The molecule has 0 fully saturated rings. The molecule has 0 aliphatic rings. The van der Waals surface area contributed by atoms with Gasteiger partial charge >= 0.3 is 0 Å². The number of benzene rings is 2. The molecule has 3 aromatic rings. The van der Waals surface area contributed by atoms with Gasteiger partial charge in [-0.3, -0.25) is 10.0 Å². The molecule has 5 heteroatoms. The molecule has 0 aliphatic carbocycles. The third-order valence-corrected chi connectivity index (χ3v) is 4.64. The van der Waals surface area contributed by atoms with Crippen molar-refractivity contribution in [3.05, 3.63) is 71.4 Å². The van der Waals surface area contributed by atoms with Gasteiger partial charge in [-0.2, -0.15) is 0 Å². The average molecular weight is 351 g/mol. The highest BCUT2D eigenvalue weighted by Gasteiger charge is 2.08. The number of aromatic nitrogens is 1. The summed E-state index contributed by atoms with van der Waals surface area (Å²) in [4.78, 5) is 14.4. The van der Waals surface area contributed by atoms with Crippen molar-refractivity contribution >= 4 is 16.8 Å². The summed E-state index contributed by atoms with van der Waals surface area (Å²) < 4.78 is 0. The Kier molecular flexibility index (Phi) is 6.04. The first-order valence-electron chi connectivity index (χ1n) is 8.95. The van der Waals surface area contributed by atoms with Gasteiger partial charge < -0.3 is 10.3 Å². The molecule has 1 atom stereocenters. The molecule has 4 N–H and O–H groups in total.